The summed E-state index contributed by atoms with van der Waals surface area (Å²) in [4.78, 5) is 21.2. The molecular weight excluding hydrogens is 382 g/mol. The van der Waals surface area contributed by atoms with Gasteiger partial charge in [0.05, 0.1) is 0 Å². The molecule has 0 bridgehead atoms. The van der Waals surface area contributed by atoms with Crippen molar-refractivity contribution in [1.82, 2.24) is 9.88 Å². The minimum absolute atomic E-state index is 0.343. The third-order valence-electron chi connectivity index (χ3n) is 6.60. The second kappa shape index (κ2) is 17.0. The fourth-order valence-electron chi connectivity index (χ4n) is 4.53. The van der Waals surface area contributed by atoms with Crippen LogP contribution < -0.4 is 4.90 Å². The van der Waals surface area contributed by atoms with Gasteiger partial charge in [-0.05, 0) is 18.6 Å². The summed E-state index contributed by atoms with van der Waals surface area (Å²) < 4.78 is 0. The first-order chi connectivity index (χ1) is 15.3. The first-order valence-corrected chi connectivity index (χ1v) is 13.2. The van der Waals surface area contributed by atoms with E-state index in [0.717, 1.165) is 44.8 Å². The average molecular weight is 430 g/mol. The number of piperazine rings is 1. The molecule has 1 amide bonds. The zero-order chi connectivity index (χ0) is 22.0. The molecule has 176 valence electrons. The van der Waals surface area contributed by atoms with Crippen molar-refractivity contribution in [1.29, 1.82) is 0 Å². The van der Waals surface area contributed by atoms with Gasteiger partial charge in [0, 0.05) is 38.8 Å². The third-order valence-corrected chi connectivity index (χ3v) is 6.60. The fourth-order valence-corrected chi connectivity index (χ4v) is 4.53. The molecule has 1 aliphatic rings. The summed E-state index contributed by atoms with van der Waals surface area (Å²) in [5.41, 5.74) is 0. The fraction of sp³-hybridized carbons (Fsp3) is 0.778. The summed E-state index contributed by atoms with van der Waals surface area (Å²) in [5.74, 6) is 1.37. The SMILES string of the molecule is CCCCCCCCCCCCCCCCCC(=O)N1CCN(c2ccccn2)CC1. The molecule has 2 rings (SSSR count). The number of hydrogen-bond acceptors (Lipinski definition) is 3. The standard InChI is InChI=1S/C27H47N3O/c1-2-3-4-5-6-7-8-9-10-11-12-13-14-15-16-20-27(31)30-24-22-29(23-25-30)26-19-17-18-21-28-26/h17-19,21H,2-16,20,22-25H2,1H3. The predicted molar refractivity (Wildman–Crippen MR) is 133 cm³/mol. The lowest BCUT2D eigenvalue weighted by atomic mass is 10.0. The maximum Gasteiger partial charge on any atom is 0.222 e. The van der Waals surface area contributed by atoms with E-state index in [1.165, 1.54) is 89.9 Å². The van der Waals surface area contributed by atoms with Gasteiger partial charge in [0.2, 0.25) is 5.91 Å². The van der Waals surface area contributed by atoms with E-state index in [-0.39, 0.29) is 0 Å². The number of amides is 1. The maximum absolute atomic E-state index is 12.5. The lowest BCUT2D eigenvalue weighted by Crippen LogP contribution is -2.49. The van der Waals surface area contributed by atoms with Crippen LogP contribution in [0.5, 0.6) is 0 Å². The molecule has 1 aromatic rings. The van der Waals surface area contributed by atoms with E-state index >= 15 is 0 Å². The predicted octanol–water partition coefficient (Wildman–Crippen LogP) is 6.99. The molecule has 0 aromatic carbocycles. The van der Waals surface area contributed by atoms with Crippen LogP contribution in [0.3, 0.4) is 0 Å². The first kappa shape index (κ1) is 25.7. The van der Waals surface area contributed by atoms with Gasteiger partial charge in [0.25, 0.3) is 0 Å². The van der Waals surface area contributed by atoms with Crippen LogP contribution in [-0.4, -0.2) is 42.0 Å². The van der Waals surface area contributed by atoms with Gasteiger partial charge in [-0.3, -0.25) is 4.79 Å². The topological polar surface area (TPSA) is 36.4 Å². The highest BCUT2D eigenvalue weighted by molar-refractivity contribution is 5.76. The molecule has 4 heteroatoms. The number of hydrogen-bond donors (Lipinski definition) is 0. The van der Waals surface area contributed by atoms with Crippen molar-refractivity contribution in [2.45, 2.75) is 110 Å². The normalized spacial score (nSPS) is 14.2. The molecule has 0 atom stereocenters. The molecule has 0 radical (unpaired) electrons. The van der Waals surface area contributed by atoms with Crippen LogP contribution in [0.4, 0.5) is 5.82 Å². The van der Waals surface area contributed by atoms with Crippen LogP contribution in [0, 0.1) is 0 Å². The van der Waals surface area contributed by atoms with Gasteiger partial charge >= 0.3 is 0 Å². The Morgan fingerprint density at radius 2 is 1.26 bits per heavy atom. The Labute approximate surface area is 191 Å². The van der Waals surface area contributed by atoms with Gasteiger partial charge in [0.15, 0.2) is 0 Å². The lowest BCUT2D eigenvalue weighted by molar-refractivity contribution is -0.131. The molecule has 0 spiro atoms. The van der Waals surface area contributed by atoms with Crippen LogP contribution in [0.1, 0.15) is 110 Å². The molecule has 4 nitrogen and oxygen atoms in total. The zero-order valence-corrected chi connectivity index (χ0v) is 20.2. The maximum atomic E-state index is 12.5. The molecule has 0 unspecified atom stereocenters. The lowest BCUT2D eigenvalue weighted by Gasteiger charge is -2.35. The number of rotatable bonds is 17. The van der Waals surface area contributed by atoms with Crippen LogP contribution in [0.25, 0.3) is 0 Å². The van der Waals surface area contributed by atoms with Crippen molar-refractivity contribution in [3.05, 3.63) is 24.4 Å². The number of carbonyl (C=O) groups excluding carboxylic acids is 1. The summed E-state index contributed by atoms with van der Waals surface area (Å²) in [5, 5.41) is 0. The molecule has 0 aliphatic carbocycles. The van der Waals surface area contributed by atoms with E-state index in [1.54, 1.807) is 0 Å². The molecule has 1 aliphatic heterocycles. The van der Waals surface area contributed by atoms with Crippen LogP contribution in [0.15, 0.2) is 24.4 Å². The van der Waals surface area contributed by atoms with E-state index in [4.69, 9.17) is 0 Å². The first-order valence-electron chi connectivity index (χ1n) is 13.2. The smallest absolute Gasteiger partial charge is 0.222 e. The number of aromatic nitrogens is 1. The molecular formula is C27H47N3O. The third kappa shape index (κ3) is 11.6. The van der Waals surface area contributed by atoms with Crippen molar-refractivity contribution in [3.63, 3.8) is 0 Å². The van der Waals surface area contributed by atoms with Crippen LogP contribution in [0.2, 0.25) is 0 Å². The van der Waals surface area contributed by atoms with Crippen LogP contribution in [-0.2, 0) is 4.79 Å². The van der Waals surface area contributed by atoms with Crippen molar-refractivity contribution >= 4 is 11.7 Å². The molecule has 2 heterocycles. The Morgan fingerprint density at radius 1 is 0.742 bits per heavy atom. The quantitative estimate of drug-likeness (QED) is 0.250. The van der Waals surface area contributed by atoms with E-state index < -0.39 is 0 Å². The van der Waals surface area contributed by atoms with Gasteiger partial charge in [-0.1, -0.05) is 103 Å². The Kier molecular flexibility index (Phi) is 14.1. The Bertz CT molecular complexity index is 555. The molecule has 1 fully saturated rings. The number of pyridine rings is 1. The number of unbranched alkanes of at least 4 members (excludes halogenated alkanes) is 14. The van der Waals surface area contributed by atoms with Crippen molar-refractivity contribution in [3.8, 4) is 0 Å². The highest BCUT2D eigenvalue weighted by Crippen LogP contribution is 2.16. The van der Waals surface area contributed by atoms with Crippen molar-refractivity contribution < 1.29 is 4.79 Å². The van der Waals surface area contributed by atoms with Crippen molar-refractivity contribution in [2.24, 2.45) is 0 Å². The zero-order valence-electron chi connectivity index (χ0n) is 20.2. The van der Waals surface area contributed by atoms with Gasteiger partial charge in [0.1, 0.15) is 5.82 Å². The van der Waals surface area contributed by atoms with E-state index in [9.17, 15) is 4.79 Å². The highest BCUT2D eigenvalue weighted by Gasteiger charge is 2.21. The molecule has 31 heavy (non-hydrogen) atoms. The summed E-state index contributed by atoms with van der Waals surface area (Å²) in [6.45, 7) is 5.72. The number of nitrogens with zero attached hydrogens (tertiary/aromatic N) is 3. The monoisotopic (exact) mass is 429 g/mol. The van der Waals surface area contributed by atoms with Gasteiger partial charge in [-0.2, -0.15) is 0 Å². The molecule has 0 saturated carbocycles. The molecule has 1 aromatic heterocycles. The summed E-state index contributed by atoms with van der Waals surface area (Å²) in [6, 6.07) is 6.02. The van der Waals surface area contributed by atoms with Gasteiger partial charge in [-0.25, -0.2) is 4.98 Å². The number of carbonyl (C=O) groups is 1. The summed E-state index contributed by atoms with van der Waals surface area (Å²) in [6.07, 6.45) is 23.0. The summed E-state index contributed by atoms with van der Waals surface area (Å²) >= 11 is 0. The summed E-state index contributed by atoms with van der Waals surface area (Å²) in [7, 11) is 0. The minimum Gasteiger partial charge on any atom is -0.353 e. The van der Waals surface area contributed by atoms with Gasteiger partial charge < -0.3 is 9.80 Å². The second-order valence-corrected chi connectivity index (χ2v) is 9.26. The van der Waals surface area contributed by atoms with Crippen LogP contribution >= 0.6 is 0 Å². The highest BCUT2D eigenvalue weighted by atomic mass is 16.2. The van der Waals surface area contributed by atoms with E-state index in [0.29, 0.717) is 5.91 Å². The van der Waals surface area contributed by atoms with Gasteiger partial charge in [-0.15, -0.1) is 0 Å². The van der Waals surface area contributed by atoms with E-state index in [2.05, 4.69) is 16.8 Å². The second-order valence-electron chi connectivity index (χ2n) is 9.26. The van der Waals surface area contributed by atoms with E-state index in [1.807, 2.05) is 29.3 Å². The average Bonchev–Trinajstić information content (AvgIpc) is 2.82. The minimum atomic E-state index is 0.343. The molecule has 1 saturated heterocycles. The Balaban J connectivity index is 1.36. The number of anilines is 1. The Hall–Kier alpha value is -1.58. The largest absolute Gasteiger partial charge is 0.353 e. The Morgan fingerprint density at radius 3 is 1.74 bits per heavy atom. The molecule has 0 N–H and O–H groups in total. The van der Waals surface area contributed by atoms with Crippen molar-refractivity contribution in [2.75, 3.05) is 31.1 Å².